The Hall–Kier alpha value is -0.700. The molecule has 0 aliphatic carbocycles. The van der Waals surface area contributed by atoms with Crippen LogP contribution in [0.3, 0.4) is 0 Å². The third kappa shape index (κ3) is 11.8. The first kappa shape index (κ1) is 17.3. The van der Waals surface area contributed by atoms with Gasteiger partial charge in [-0.05, 0) is 19.9 Å². The number of amides is 1. The lowest BCUT2D eigenvalue weighted by molar-refractivity contribution is -0.121. The number of methoxy groups -OCH3 is 1. The van der Waals surface area contributed by atoms with E-state index < -0.39 is 10.0 Å². The van der Waals surface area contributed by atoms with Crippen LogP contribution in [-0.2, 0) is 19.6 Å². The molecule has 0 bridgehead atoms. The van der Waals surface area contributed by atoms with Crippen molar-refractivity contribution in [1.82, 2.24) is 15.4 Å². The summed E-state index contributed by atoms with van der Waals surface area (Å²) in [5.41, 5.74) is 0. The number of rotatable bonds is 10. The summed E-state index contributed by atoms with van der Waals surface area (Å²) in [6.45, 7) is 3.50. The molecule has 0 rings (SSSR count). The van der Waals surface area contributed by atoms with Crippen molar-refractivity contribution in [1.29, 1.82) is 0 Å². The van der Waals surface area contributed by atoms with E-state index in [1.807, 2.05) is 6.92 Å². The van der Waals surface area contributed by atoms with Gasteiger partial charge >= 0.3 is 0 Å². The van der Waals surface area contributed by atoms with Crippen LogP contribution in [0, 0.1) is 0 Å². The topological polar surface area (TPSA) is 96.5 Å². The van der Waals surface area contributed by atoms with Gasteiger partial charge in [-0.1, -0.05) is 0 Å². The minimum Gasteiger partial charge on any atom is -0.383 e. The minimum absolute atomic E-state index is 0.0174. The van der Waals surface area contributed by atoms with E-state index in [4.69, 9.17) is 4.74 Å². The van der Waals surface area contributed by atoms with Gasteiger partial charge in [0.15, 0.2) is 0 Å². The highest BCUT2D eigenvalue weighted by atomic mass is 32.2. The van der Waals surface area contributed by atoms with Crippen LogP contribution >= 0.6 is 0 Å². The molecule has 1 unspecified atom stereocenters. The molecule has 108 valence electrons. The molecule has 0 aliphatic heterocycles. The fraction of sp³-hybridized carbons (Fsp3) is 0.900. The SMILES string of the molecule is COCC(C)NC(=O)CNCCCNS(C)(=O)=O. The highest BCUT2D eigenvalue weighted by Crippen LogP contribution is 1.82. The molecule has 1 atom stereocenters. The molecule has 0 heterocycles. The third-order valence-corrected chi connectivity index (χ3v) is 2.73. The number of hydrogen-bond donors (Lipinski definition) is 3. The van der Waals surface area contributed by atoms with Gasteiger partial charge in [-0.3, -0.25) is 4.79 Å². The molecule has 0 aliphatic rings. The van der Waals surface area contributed by atoms with E-state index in [1.165, 1.54) is 0 Å². The van der Waals surface area contributed by atoms with Crippen molar-refractivity contribution in [2.75, 3.05) is 39.6 Å². The number of sulfonamides is 1. The smallest absolute Gasteiger partial charge is 0.234 e. The summed E-state index contributed by atoms with van der Waals surface area (Å²) < 4.78 is 28.8. The van der Waals surface area contributed by atoms with E-state index in [1.54, 1.807) is 7.11 Å². The Balaban J connectivity index is 3.46. The molecule has 0 saturated heterocycles. The molecule has 7 nitrogen and oxygen atoms in total. The predicted molar refractivity (Wildman–Crippen MR) is 69.8 cm³/mol. The average molecular weight is 281 g/mol. The first-order chi connectivity index (χ1) is 8.35. The lowest BCUT2D eigenvalue weighted by Crippen LogP contribution is -2.41. The first-order valence-electron chi connectivity index (χ1n) is 5.79. The molecule has 0 aromatic carbocycles. The van der Waals surface area contributed by atoms with E-state index >= 15 is 0 Å². The second-order valence-corrected chi connectivity index (χ2v) is 5.95. The van der Waals surface area contributed by atoms with Crippen LogP contribution in [-0.4, -0.2) is 60.0 Å². The second-order valence-electron chi connectivity index (χ2n) is 4.12. The molecule has 0 saturated carbocycles. The summed E-state index contributed by atoms with van der Waals surface area (Å²) in [5.74, 6) is -0.101. The maximum atomic E-state index is 11.4. The largest absolute Gasteiger partial charge is 0.383 e. The van der Waals surface area contributed by atoms with E-state index in [0.29, 0.717) is 26.1 Å². The van der Waals surface area contributed by atoms with Gasteiger partial charge in [0.05, 0.1) is 19.4 Å². The summed E-state index contributed by atoms with van der Waals surface area (Å²) in [6, 6.07) is -0.0174. The summed E-state index contributed by atoms with van der Waals surface area (Å²) in [5, 5.41) is 5.69. The number of ether oxygens (including phenoxy) is 1. The zero-order valence-corrected chi connectivity index (χ0v) is 12.0. The Kier molecular flexibility index (Phi) is 8.90. The highest BCUT2D eigenvalue weighted by molar-refractivity contribution is 7.88. The van der Waals surface area contributed by atoms with Crippen molar-refractivity contribution >= 4 is 15.9 Å². The summed E-state index contributed by atoms with van der Waals surface area (Å²) >= 11 is 0. The van der Waals surface area contributed by atoms with Gasteiger partial charge in [-0.15, -0.1) is 0 Å². The summed E-state index contributed by atoms with van der Waals surface area (Å²) in [4.78, 5) is 11.4. The summed E-state index contributed by atoms with van der Waals surface area (Å²) in [7, 11) is -1.54. The zero-order valence-electron chi connectivity index (χ0n) is 11.2. The number of carbonyl (C=O) groups is 1. The molecule has 0 aromatic heterocycles. The first-order valence-corrected chi connectivity index (χ1v) is 7.68. The molecule has 0 aromatic rings. The molecule has 18 heavy (non-hydrogen) atoms. The maximum Gasteiger partial charge on any atom is 0.234 e. The molecule has 8 heteroatoms. The van der Waals surface area contributed by atoms with Crippen LogP contribution < -0.4 is 15.4 Å². The van der Waals surface area contributed by atoms with Gasteiger partial charge in [0.2, 0.25) is 15.9 Å². The van der Waals surface area contributed by atoms with Crippen LogP contribution in [0.1, 0.15) is 13.3 Å². The number of nitrogens with one attached hydrogen (secondary N) is 3. The van der Waals surface area contributed by atoms with Gasteiger partial charge in [0.1, 0.15) is 0 Å². The third-order valence-electron chi connectivity index (χ3n) is 2.00. The minimum atomic E-state index is -3.12. The molecular weight excluding hydrogens is 258 g/mol. The van der Waals surface area contributed by atoms with Crippen molar-refractivity contribution in [3.8, 4) is 0 Å². The number of hydrogen-bond acceptors (Lipinski definition) is 5. The maximum absolute atomic E-state index is 11.4. The normalized spacial score (nSPS) is 13.3. The van der Waals surface area contributed by atoms with Crippen LogP contribution in [0.5, 0.6) is 0 Å². The fourth-order valence-electron chi connectivity index (χ4n) is 1.29. The Labute approximate surface area is 109 Å². The average Bonchev–Trinajstić information content (AvgIpc) is 2.21. The van der Waals surface area contributed by atoms with Gasteiger partial charge in [-0.25, -0.2) is 13.1 Å². The Morgan fingerprint density at radius 3 is 2.56 bits per heavy atom. The van der Waals surface area contributed by atoms with E-state index in [0.717, 1.165) is 6.26 Å². The lowest BCUT2D eigenvalue weighted by atomic mass is 10.3. The fourth-order valence-corrected chi connectivity index (χ4v) is 1.81. The number of carbonyl (C=O) groups excluding carboxylic acids is 1. The Bertz CT molecular complexity index is 332. The van der Waals surface area contributed by atoms with Gasteiger partial charge in [0.25, 0.3) is 0 Å². The quantitative estimate of drug-likeness (QED) is 0.431. The molecule has 0 fully saturated rings. The zero-order chi connectivity index (χ0) is 14.0. The van der Waals surface area contributed by atoms with E-state index in [2.05, 4.69) is 15.4 Å². The predicted octanol–water partition coefficient (Wildman–Crippen LogP) is -1.33. The monoisotopic (exact) mass is 281 g/mol. The summed E-state index contributed by atoms with van der Waals surface area (Å²) in [6.07, 6.45) is 1.75. The molecule has 0 spiro atoms. The van der Waals surface area contributed by atoms with Crippen LogP contribution in [0.15, 0.2) is 0 Å². The molecule has 3 N–H and O–H groups in total. The van der Waals surface area contributed by atoms with Gasteiger partial charge in [0, 0.05) is 19.7 Å². The van der Waals surface area contributed by atoms with Crippen LogP contribution in [0.4, 0.5) is 0 Å². The highest BCUT2D eigenvalue weighted by Gasteiger charge is 2.06. The van der Waals surface area contributed by atoms with E-state index in [-0.39, 0.29) is 18.5 Å². The van der Waals surface area contributed by atoms with Crippen molar-refractivity contribution in [2.45, 2.75) is 19.4 Å². The van der Waals surface area contributed by atoms with Crippen LogP contribution in [0.2, 0.25) is 0 Å². The van der Waals surface area contributed by atoms with Crippen molar-refractivity contribution in [3.63, 3.8) is 0 Å². The Morgan fingerprint density at radius 1 is 1.33 bits per heavy atom. The Morgan fingerprint density at radius 2 is 2.00 bits per heavy atom. The molecule has 1 amide bonds. The van der Waals surface area contributed by atoms with Crippen molar-refractivity contribution < 1.29 is 17.9 Å². The van der Waals surface area contributed by atoms with Gasteiger partial charge < -0.3 is 15.4 Å². The van der Waals surface area contributed by atoms with Gasteiger partial charge in [-0.2, -0.15) is 0 Å². The lowest BCUT2D eigenvalue weighted by Gasteiger charge is -2.13. The molecule has 0 radical (unpaired) electrons. The standard InChI is InChI=1S/C10H23N3O4S/c1-9(8-17-2)13-10(14)7-11-5-4-6-12-18(3,15)16/h9,11-12H,4-8H2,1-3H3,(H,13,14). The van der Waals surface area contributed by atoms with E-state index in [9.17, 15) is 13.2 Å². The second kappa shape index (κ2) is 9.26. The van der Waals surface area contributed by atoms with Crippen LogP contribution in [0.25, 0.3) is 0 Å². The van der Waals surface area contributed by atoms with Crippen molar-refractivity contribution in [2.24, 2.45) is 0 Å². The van der Waals surface area contributed by atoms with Crippen molar-refractivity contribution in [3.05, 3.63) is 0 Å². The molecular formula is C10H23N3O4S.